The maximum atomic E-state index is 5.74. The molecule has 0 amide bonds. The maximum absolute atomic E-state index is 5.74. The quantitative estimate of drug-likeness (QED) is 0.914. The number of nitrogens with zero attached hydrogens (tertiary/aromatic N) is 2. The average molecular weight is 338 g/mol. The van der Waals surface area contributed by atoms with Gasteiger partial charge in [-0.1, -0.05) is 0 Å². The minimum atomic E-state index is 0.439. The summed E-state index contributed by atoms with van der Waals surface area (Å²) in [6, 6.07) is 5.89. The SMILES string of the molecule is Cn1c(-c2ccc3c(c2)OCCCO3)nc(Br)c1CN. The highest BCUT2D eigenvalue weighted by Crippen LogP contribution is 2.34. The number of halogens is 1. The van der Waals surface area contributed by atoms with Crippen molar-refractivity contribution in [3.63, 3.8) is 0 Å². The van der Waals surface area contributed by atoms with Crippen LogP contribution in [0.5, 0.6) is 11.5 Å². The van der Waals surface area contributed by atoms with Crippen LogP contribution in [-0.4, -0.2) is 22.8 Å². The first-order valence-corrected chi connectivity index (χ1v) is 7.31. The fourth-order valence-corrected chi connectivity index (χ4v) is 2.88. The fraction of sp³-hybridized carbons (Fsp3) is 0.357. The molecule has 6 heteroatoms. The standard InChI is InChI=1S/C14H16BrN3O2/c1-18-10(8-16)13(15)17-14(18)9-3-4-11-12(7-9)20-6-2-5-19-11/h3-4,7H,2,5-6,8,16H2,1H3. The van der Waals surface area contributed by atoms with Gasteiger partial charge in [-0.25, -0.2) is 4.98 Å². The lowest BCUT2D eigenvalue weighted by Gasteiger charge is -2.09. The van der Waals surface area contributed by atoms with Crippen molar-refractivity contribution in [3.8, 4) is 22.9 Å². The Morgan fingerprint density at radius 1 is 1.30 bits per heavy atom. The van der Waals surface area contributed by atoms with E-state index in [0.717, 1.165) is 39.6 Å². The molecular formula is C14H16BrN3O2. The number of hydrogen-bond acceptors (Lipinski definition) is 4. The van der Waals surface area contributed by atoms with Gasteiger partial charge in [0, 0.05) is 25.6 Å². The van der Waals surface area contributed by atoms with E-state index < -0.39 is 0 Å². The Morgan fingerprint density at radius 2 is 2.05 bits per heavy atom. The van der Waals surface area contributed by atoms with Crippen LogP contribution in [0.4, 0.5) is 0 Å². The number of nitrogens with two attached hydrogens (primary N) is 1. The lowest BCUT2D eigenvalue weighted by Crippen LogP contribution is -2.04. The highest BCUT2D eigenvalue weighted by molar-refractivity contribution is 9.10. The highest BCUT2D eigenvalue weighted by Gasteiger charge is 2.16. The second kappa shape index (κ2) is 5.46. The highest BCUT2D eigenvalue weighted by atomic mass is 79.9. The Morgan fingerprint density at radius 3 is 2.75 bits per heavy atom. The Balaban J connectivity index is 2.05. The van der Waals surface area contributed by atoms with Crippen LogP contribution >= 0.6 is 15.9 Å². The van der Waals surface area contributed by atoms with Gasteiger partial charge < -0.3 is 19.8 Å². The molecule has 2 heterocycles. The zero-order valence-corrected chi connectivity index (χ0v) is 12.8. The van der Waals surface area contributed by atoms with Crippen molar-refractivity contribution in [2.75, 3.05) is 13.2 Å². The van der Waals surface area contributed by atoms with Crippen LogP contribution in [-0.2, 0) is 13.6 Å². The van der Waals surface area contributed by atoms with E-state index in [9.17, 15) is 0 Å². The van der Waals surface area contributed by atoms with E-state index in [1.54, 1.807) is 0 Å². The number of hydrogen-bond donors (Lipinski definition) is 1. The molecule has 0 saturated carbocycles. The molecule has 2 aromatic rings. The molecule has 0 atom stereocenters. The number of aromatic nitrogens is 2. The summed E-state index contributed by atoms with van der Waals surface area (Å²) in [5.74, 6) is 2.42. The average Bonchev–Trinajstić information content (AvgIpc) is 2.64. The molecule has 0 bridgehead atoms. The van der Waals surface area contributed by atoms with Gasteiger partial charge >= 0.3 is 0 Å². The summed E-state index contributed by atoms with van der Waals surface area (Å²) in [7, 11) is 1.96. The third-order valence-electron chi connectivity index (χ3n) is 3.36. The zero-order valence-electron chi connectivity index (χ0n) is 11.2. The molecule has 0 radical (unpaired) electrons. The Bertz CT molecular complexity index is 640. The van der Waals surface area contributed by atoms with E-state index in [0.29, 0.717) is 19.8 Å². The lowest BCUT2D eigenvalue weighted by molar-refractivity contribution is 0.297. The molecule has 0 saturated heterocycles. The number of rotatable bonds is 2. The Labute approximate surface area is 125 Å². The van der Waals surface area contributed by atoms with Crippen molar-refractivity contribution in [1.29, 1.82) is 0 Å². The maximum Gasteiger partial charge on any atom is 0.161 e. The third-order valence-corrected chi connectivity index (χ3v) is 4.00. The summed E-state index contributed by atoms with van der Waals surface area (Å²) >= 11 is 3.44. The minimum Gasteiger partial charge on any atom is -0.490 e. The lowest BCUT2D eigenvalue weighted by atomic mass is 10.2. The summed E-state index contributed by atoms with van der Waals surface area (Å²) in [6.07, 6.45) is 0.898. The fourth-order valence-electron chi connectivity index (χ4n) is 2.28. The monoisotopic (exact) mass is 337 g/mol. The number of benzene rings is 1. The molecule has 0 spiro atoms. The van der Waals surface area contributed by atoms with E-state index in [-0.39, 0.29) is 0 Å². The van der Waals surface area contributed by atoms with Gasteiger partial charge in [-0.3, -0.25) is 0 Å². The van der Waals surface area contributed by atoms with E-state index in [1.807, 2.05) is 29.8 Å². The molecule has 1 aromatic carbocycles. The molecule has 1 aliphatic heterocycles. The minimum absolute atomic E-state index is 0.439. The molecule has 5 nitrogen and oxygen atoms in total. The molecule has 0 fully saturated rings. The summed E-state index contributed by atoms with van der Waals surface area (Å²) in [6.45, 7) is 1.81. The van der Waals surface area contributed by atoms with Crippen molar-refractivity contribution in [1.82, 2.24) is 9.55 Å². The van der Waals surface area contributed by atoms with Crippen molar-refractivity contribution >= 4 is 15.9 Å². The topological polar surface area (TPSA) is 62.3 Å². The van der Waals surface area contributed by atoms with Crippen LogP contribution in [0.1, 0.15) is 12.1 Å². The normalized spacial score (nSPS) is 14.2. The van der Waals surface area contributed by atoms with Crippen LogP contribution in [0.2, 0.25) is 0 Å². The van der Waals surface area contributed by atoms with Crippen molar-refractivity contribution in [2.24, 2.45) is 12.8 Å². The van der Waals surface area contributed by atoms with Crippen molar-refractivity contribution < 1.29 is 9.47 Å². The van der Waals surface area contributed by atoms with Crippen molar-refractivity contribution in [3.05, 3.63) is 28.5 Å². The van der Waals surface area contributed by atoms with E-state index in [2.05, 4.69) is 20.9 Å². The largest absolute Gasteiger partial charge is 0.490 e. The molecule has 106 valence electrons. The second-order valence-electron chi connectivity index (χ2n) is 4.65. The van der Waals surface area contributed by atoms with Crippen LogP contribution in [0.25, 0.3) is 11.4 Å². The Hall–Kier alpha value is -1.53. The third kappa shape index (κ3) is 2.29. The van der Waals surface area contributed by atoms with Gasteiger partial charge in [-0.05, 0) is 34.1 Å². The van der Waals surface area contributed by atoms with Crippen LogP contribution in [0.3, 0.4) is 0 Å². The van der Waals surface area contributed by atoms with E-state index in [4.69, 9.17) is 15.2 Å². The number of fused-ring (bicyclic) bond motifs is 1. The molecule has 0 unspecified atom stereocenters. The first-order chi connectivity index (χ1) is 9.70. The van der Waals surface area contributed by atoms with Gasteiger partial charge in [0.2, 0.25) is 0 Å². The molecule has 20 heavy (non-hydrogen) atoms. The Kier molecular flexibility index (Phi) is 3.67. The van der Waals surface area contributed by atoms with Gasteiger partial charge in [0.15, 0.2) is 11.5 Å². The molecule has 3 rings (SSSR count). The summed E-state index contributed by atoms with van der Waals surface area (Å²) in [5.41, 5.74) is 7.69. The van der Waals surface area contributed by atoms with Crippen LogP contribution in [0, 0.1) is 0 Å². The first kappa shape index (κ1) is 13.5. The van der Waals surface area contributed by atoms with E-state index >= 15 is 0 Å². The molecular weight excluding hydrogens is 322 g/mol. The van der Waals surface area contributed by atoms with Gasteiger partial charge in [0.1, 0.15) is 10.4 Å². The number of ether oxygens (including phenoxy) is 2. The van der Waals surface area contributed by atoms with Gasteiger partial charge in [0.25, 0.3) is 0 Å². The molecule has 0 aliphatic carbocycles. The zero-order chi connectivity index (χ0) is 14.1. The van der Waals surface area contributed by atoms with Gasteiger partial charge in [-0.15, -0.1) is 0 Å². The van der Waals surface area contributed by atoms with Crippen LogP contribution in [0.15, 0.2) is 22.8 Å². The van der Waals surface area contributed by atoms with Crippen LogP contribution < -0.4 is 15.2 Å². The summed E-state index contributed by atoms with van der Waals surface area (Å²) in [4.78, 5) is 4.53. The smallest absolute Gasteiger partial charge is 0.161 e. The first-order valence-electron chi connectivity index (χ1n) is 6.52. The summed E-state index contributed by atoms with van der Waals surface area (Å²) < 4.78 is 14.1. The number of imidazole rings is 1. The van der Waals surface area contributed by atoms with Crippen molar-refractivity contribution in [2.45, 2.75) is 13.0 Å². The summed E-state index contributed by atoms with van der Waals surface area (Å²) in [5, 5.41) is 0. The molecule has 1 aromatic heterocycles. The second-order valence-corrected chi connectivity index (χ2v) is 5.40. The predicted molar refractivity (Wildman–Crippen MR) is 79.8 cm³/mol. The molecule has 2 N–H and O–H groups in total. The van der Waals surface area contributed by atoms with Gasteiger partial charge in [-0.2, -0.15) is 0 Å². The predicted octanol–water partition coefficient (Wildman–Crippen LogP) is 2.47. The van der Waals surface area contributed by atoms with Gasteiger partial charge in [0.05, 0.1) is 18.9 Å². The molecule has 1 aliphatic rings. The van der Waals surface area contributed by atoms with E-state index in [1.165, 1.54) is 0 Å².